The van der Waals surface area contributed by atoms with Gasteiger partial charge < -0.3 is 4.57 Å². The van der Waals surface area contributed by atoms with E-state index in [4.69, 9.17) is 0 Å². The lowest BCUT2D eigenvalue weighted by Crippen LogP contribution is -2.26. The zero-order chi connectivity index (χ0) is 12.6. The summed E-state index contributed by atoms with van der Waals surface area (Å²) in [6, 6.07) is 2.30. The number of aromatic nitrogens is 1. The molecule has 0 unspecified atom stereocenters. The predicted octanol–water partition coefficient (Wildman–Crippen LogP) is 4.49. The summed E-state index contributed by atoms with van der Waals surface area (Å²) in [5, 5.41) is 0. The van der Waals surface area contributed by atoms with Gasteiger partial charge in [0.2, 0.25) is 0 Å². The van der Waals surface area contributed by atoms with Gasteiger partial charge in [-0.2, -0.15) is 0 Å². The highest BCUT2D eigenvalue weighted by molar-refractivity contribution is 5.34. The van der Waals surface area contributed by atoms with Gasteiger partial charge >= 0.3 is 0 Å². The molecule has 0 radical (unpaired) electrons. The van der Waals surface area contributed by atoms with Crippen LogP contribution in [0.4, 0.5) is 0 Å². The highest BCUT2D eigenvalue weighted by atomic mass is 15.0. The highest BCUT2D eigenvalue weighted by Gasteiger charge is 2.29. The van der Waals surface area contributed by atoms with Crippen molar-refractivity contribution < 1.29 is 0 Å². The fourth-order valence-electron chi connectivity index (χ4n) is 2.26. The monoisotopic (exact) mass is 221 g/mol. The molecule has 1 nitrogen and oxygen atoms in total. The van der Waals surface area contributed by atoms with Gasteiger partial charge in [0.25, 0.3) is 0 Å². The van der Waals surface area contributed by atoms with Crippen LogP contribution in [0.3, 0.4) is 0 Å². The third-order valence-electron chi connectivity index (χ3n) is 3.64. The second-order valence-corrected chi connectivity index (χ2v) is 6.35. The van der Waals surface area contributed by atoms with Crippen LogP contribution in [-0.2, 0) is 17.4 Å². The van der Waals surface area contributed by atoms with Gasteiger partial charge in [-0.15, -0.1) is 0 Å². The van der Waals surface area contributed by atoms with E-state index in [0.717, 1.165) is 6.54 Å². The topological polar surface area (TPSA) is 4.93 Å². The third kappa shape index (κ3) is 2.34. The number of aryl methyl sites for hydroxylation is 1. The largest absolute Gasteiger partial charge is 0.351 e. The van der Waals surface area contributed by atoms with Crippen LogP contribution >= 0.6 is 0 Å². The molecule has 0 aliphatic rings. The van der Waals surface area contributed by atoms with Gasteiger partial charge in [0.1, 0.15) is 0 Å². The molecule has 0 N–H and O–H groups in total. The lowest BCUT2D eigenvalue weighted by Gasteiger charge is -2.31. The van der Waals surface area contributed by atoms with Gasteiger partial charge in [0, 0.05) is 23.9 Å². The van der Waals surface area contributed by atoms with E-state index in [9.17, 15) is 0 Å². The van der Waals surface area contributed by atoms with E-state index in [1.807, 2.05) is 0 Å². The van der Waals surface area contributed by atoms with Gasteiger partial charge in [-0.3, -0.25) is 0 Å². The van der Waals surface area contributed by atoms with E-state index in [1.165, 1.54) is 17.7 Å². The molecule has 0 fully saturated rings. The van der Waals surface area contributed by atoms with Crippen LogP contribution in [0.5, 0.6) is 0 Å². The van der Waals surface area contributed by atoms with Crippen molar-refractivity contribution in [1.29, 1.82) is 0 Å². The first-order valence-corrected chi connectivity index (χ1v) is 6.44. The summed E-state index contributed by atoms with van der Waals surface area (Å²) in [5.41, 5.74) is 3.52. The maximum Gasteiger partial charge on any atom is 0.0268 e. The molecular formula is C15H27N. The normalized spacial score (nSPS) is 13.2. The molecule has 0 amide bonds. The Balaban J connectivity index is 3.38. The summed E-state index contributed by atoms with van der Waals surface area (Å²) < 4.78 is 2.41. The molecule has 0 saturated carbocycles. The highest BCUT2D eigenvalue weighted by Crippen LogP contribution is 2.36. The molecule has 0 aromatic carbocycles. The van der Waals surface area contributed by atoms with Crippen molar-refractivity contribution >= 4 is 0 Å². The van der Waals surface area contributed by atoms with Crippen LogP contribution in [0.1, 0.15) is 66.1 Å². The lowest BCUT2D eigenvalue weighted by atomic mass is 9.77. The van der Waals surface area contributed by atoms with E-state index in [0.29, 0.717) is 0 Å². The van der Waals surface area contributed by atoms with E-state index in [2.05, 4.69) is 65.3 Å². The van der Waals surface area contributed by atoms with Crippen molar-refractivity contribution in [2.75, 3.05) is 0 Å². The fraction of sp³-hybridized carbons (Fsp3) is 0.733. The average molecular weight is 221 g/mol. The van der Waals surface area contributed by atoms with E-state index >= 15 is 0 Å². The number of nitrogens with zero attached hydrogens (tertiary/aromatic N) is 1. The molecule has 16 heavy (non-hydrogen) atoms. The van der Waals surface area contributed by atoms with Crippen molar-refractivity contribution in [3.8, 4) is 0 Å². The first-order chi connectivity index (χ1) is 7.24. The Morgan fingerprint density at radius 1 is 1.06 bits per heavy atom. The quantitative estimate of drug-likeness (QED) is 0.708. The Kier molecular flexibility index (Phi) is 3.56. The second-order valence-electron chi connectivity index (χ2n) is 6.35. The molecule has 0 aliphatic heterocycles. The number of rotatable bonds is 3. The zero-order valence-corrected chi connectivity index (χ0v) is 12.0. The average Bonchev–Trinajstić information content (AvgIpc) is 2.61. The van der Waals surface area contributed by atoms with Gasteiger partial charge in [-0.05, 0) is 30.4 Å². The summed E-state index contributed by atoms with van der Waals surface area (Å²) >= 11 is 0. The van der Waals surface area contributed by atoms with Crippen molar-refractivity contribution in [3.63, 3.8) is 0 Å². The Morgan fingerprint density at radius 3 is 2.00 bits per heavy atom. The third-order valence-corrected chi connectivity index (χ3v) is 3.64. The van der Waals surface area contributed by atoms with Crippen molar-refractivity contribution in [1.82, 2.24) is 4.57 Å². The van der Waals surface area contributed by atoms with Crippen molar-refractivity contribution in [2.45, 2.75) is 72.3 Å². The first kappa shape index (κ1) is 13.3. The summed E-state index contributed by atoms with van der Waals surface area (Å²) in [7, 11) is 0. The first-order valence-electron chi connectivity index (χ1n) is 6.44. The van der Waals surface area contributed by atoms with Crippen LogP contribution in [0.15, 0.2) is 12.3 Å². The summed E-state index contributed by atoms with van der Waals surface area (Å²) in [6.07, 6.45) is 3.42. The smallest absolute Gasteiger partial charge is 0.0268 e. The van der Waals surface area contributed by atoms with Crippen LogP contribution < -0.4 is 0 Å². The number of hydrogen-bond donors (Lipinski definition) is 0. The Bertz CT molecular complexity index is 350. The minimum absolute atomic E-state index is 0.238. The van der Waals surface area contributed by atoms with Crippen LogP contribution in [0.25, 0.3) is 0 Å². The van der Waals surface area contributed by atoms with Crippen LogP contribution in [0.2, 0.25) is 0 Å². The van der Waals surface area contributed by atoms with Gasteiger partial charge in [0.05, 0.1) is 0 Å². The molecule has 1 rings (SSSR count). The molecule has 0 aliphatic carbocycles. The summed E-state index contributed by atoms with van der Waals surface area (Å²) in [6.45, 7) is 17.2. The Hall–Kier alpha value is -0.720. The minimum atomic E-state index is 0.238. The second kappa shape index (κ2) is 4.27. The molecule has 0 bridgehead atoms. The van der Waals surface area contributed by atoms with Gasteiger partial charge in [-0.1, -0.05) is 41.5 Å². The van der Waals surface area contributed by atoms with E-state index < -0.39 is 0 Å². The standard InChI is InChI=1S/C15H27N/c1-8-15(6,7)13-12(14(3,4)5)10-11-16(13)9-2/h10-11H,8-9H2,1-7H3. The maximum absolute atomic E-state index is 2.41. The lowest BCUT2D eigenvalue weighted by molar-refractivity contribution is 0.442. The Morgan fingerprint density at radius 2 is 1.62 bits per heavy atom. The molecule has 0 atom stereocenters. The molecule has 1 heteroatoms. The van der Waals surface area contributed by atoms with Crippen LogP contribution in [-0.4, -0.2) is 4.57 Å². The predicted molar refractivity (Wildman–Crippen MR) is 72.1 cm³/mol. The minimum Gasteiger partial charge on any atom is -0.351 e. The van der Waals surface area contributed by atoms with E-state index in [-0.39, 0.29) is 10.8 Å². The van der Waals surface area contributed by atoms with Gasteiger partial charge in [-0.25, -0.2) is 0 Å². The summed E-state index contributed by atoms with van der Waals surface area (Å²) in [4.78, 5) is 0. The molecule has 1 heterocycles. The number of hydrogen-bond acceptors (Lipinski definition) is 0. The van der Waals surface area contributed by atoms with Gasteiger partial charge in [0.15, 0.2) is 0 Å². The summed E-state index contributed by atoms with van der Waals surface area (Å²) in [5.74, 6) is 0. The van der Waals surface area contributed by atoms with Crippen molar-refractivity contribution in [3.05, 3.63) is 23.5 Å². The maximum atomic E-state index is 2.41. The fourth-order valence-corrected chi connectivity index (χ4v) is 2.26. The van der Waals surface area contributed by atoms with E-state index in [1.54, 1.807) is 0 Å². The Labute approximate surface area is 101 Å². The molecule has 1 aromatic rings. The molecule has 0 saturated heterocycles. The molecular weight excluding hydrogens is 194 g/mol. The molecule has 0 spiro atoms. The van der Waals surface area contributed by atoms with Crippen LogP contribution in [0, 0.1) is 0 Å². The SMILES string of the molecule is CCn1ccc(C(C)(C)C)c1C(C)(C)CC. The molecule has 92 valence electrons. The zero-order valence-electron chi connectivity index (χ0n) is 12.0. The molecule has 1 aromatic heterocycles. The van der Waals surface area contributed by atoms with Crippen molar-refractivity contribution in [2.24, 2.45) is 0 Å².